The van der Waals surface area contributed by atoms with Crippen molar-refractivity contribution >= 4 is 57.5 Å². The second-order valence-electron chi connectivity index (χ2n) is 4.86. The first-order valence-electron chi connectivity index (χ1n) is 6.93. The van der Waals surface area contributed by atoms with Crippen molar-refractivity contribution in [3.63, 3.8) is 0 Å². The number of ether oxygens (including phenoxy) is 1. The molecule has 1 aromatic carbocycles. The van der Waals surface area contributed by atoms with Gasteiger partial charge in [-0.05, 0) is 36.3 Å². The van der Waals surface area contributed by atoms with Crippen molar-refractivity contribution in [3.05, 3.63) is 55.9 Å². The number of hydrogen-bond acceptors (Lipinski definition) is 5. The number of nitriles is 1. The highest BCUT2D eigenvalue weighted by atomic mass is 35.5. The van der Waals surface area contributed by atoms with Gasteiger partial charge in [0, 0.05) is 6.08 Å². The number of benzene rings is 1. The fourth-order valence-corrected chi connectivity index (χ4v) is 3.35. The zero-order valence-corrected chi connectivity index (χ0v) is 15.6. The van der Waals surface area contributed by atoms with Crippen LogP contribution in [0.15, 0.2) is 24.3 Å². The lowest BCUT2D eigenvalue weighted by Gasteiger charge is -2.00. The van der Waals surface area contributed by atoms with E-state index in [1.807, 2.05) is 6.07 Å². The van der Waals surface area contributed by atoms with Gasteiger partial charge in [0.05, 0.1) is 22.7 Å². The number of methoxy groups -OCH3 is 1. The number of halogens is 2. The molecule has 0 aliphatic heterocycles. The molecule has 2 aromatic rings. The highest BCUT2D eigenvalue weighted by Gasteiger charge is 2.21. The standard InChI is InChI=1S/C17H12Cl2N2O3S/c1-9-11(8-20)16(25-15(9)17(23)24-2)21-14(22)6-4-10-3-5-12(18)13(19)7-10/h3-7H,1-2H3,(H,21,22)/b6-4-. The third kappa shape index (κ3) is 4.40. The third-order valence-corrected chi connectivity index (χ3v) is 5.16. The molecule has 0 fully saturated rings. The molecule has 0 spiro atoms. The van der Waals surface area contributed by atoms with Crippen LogP contribution in [0.25, 0.3) is 6.08 Å². The minimum absolute atomic E-state index is 0.238. The Labute approximate surface area is 158 Å². The Bertz CT molecular complexity index is 913. The maximum atomic E-state index is 12.1. The molecule has 1 heterocycles. The number of esters is 1. The van der Waals surface area contributed by atoms with Gasteiger partial charge in [-0.15, -0.1) is 11.3 Å². The van der Waals surface area contributed by atoms with Gasteiger partial charge in [0.15, 0.2) is 0 Å². The topological polar surface area (TPSA) is 79.2 Å². The van der Waals surface area contributed by atoms with Crippen LogP contribution in [0.1, 0.15) is 26.4 Å². The molecule has 25 heavy (non-hydrogen) atoms. The molecule has 1 aromatic heterocycles. The van der Waals surface area contributed by atoms with Crippen LogP contribution in [-0.4, -0.2) is 19.0 Å². The molecule has 2 rings (SSSR count). The number of amides is 1. The number of nitrogens with zero attached hydrogens (tertiary/aromatic N) is 1. The van der Waals surface area contributed by atoms with Crippen molar-refractivity contribution in [2.24, 2.45) is 0 Å². The minimum atomic E-state index is -0.550. The molecule has 1 amide bonds. The summed E-state index contributed by atoms with van der Waals surface area (Å²) in [4.78, 5) is 24.1. The SMILES string of the molecule is COC(=O)c1sc(NC(=O)/C=C\c2ccc(Cl)c(Cl)c2)c(C#N)c1C. The molecule has 1 N–H and O–H groups in total. The fraction of sp³-hybridized carbons (Fsp3) is 0.118. The molecule has 8 heteroatoms. The van der Waals surface area contributed by atoms with E-state index in [4.69, 9.17) is 23.2 Å². The van der Waals surface area contributed by atoms with E-state index in [1.165, 1.54) is 13.2 Å². The Morgan fingerprint density at radius 1 is 1.32 bits per heavy atom. The first-order chi connectivity index (χ1) is 11.9. The predicted molar refractivity (Wildman–Crippen MR) is 99.2 cm³/mol. The summed E-state index contributed by atoms with van der Waals surface area (Å²) in [5, 5.41) is 13.0. The third-order valence-electron chi connectivity index (χ3n) is 3.24. The van der Waals surface area contributed by atoms with Crippen LogP contribution in [-0.2, 0) is 9.53 Å². The van der Waals surface area contributed by atoms with Crippen molar-refractivity contribution in [1.29, 1.82) is 5.26 Å². The highest BCUT2D eigenvalue weighted by molar-refractivity contribution is 7.18. The van der Waals surface area contributed by atoms with Gasteiger partial charge in [-0.3, -0.25) is 4.79 Å². The molecular weight excluding hydrogens is 383 g/mol. The van der Waals surface area contributed by atoms with Crippen LogP contribution >= 0.6 is 34.5 Å². The van der Waals surface area contributed by atoms with Gasteiger partial charge >= 0.3 is 5.97 Å². The number of thiophene rings is 1. The number of hydrogen-bond donors (Lipinski definition) is 1. The first-order valence-corrected chi connectivity index (χ1v) is 8.50. The predicted octanol–water partition coefficient (Wildman–Crippen LogP) is 4.67. The highest BCUT2D eigenvalue weighted by Crippen LogP contribution is 2.33. The Morgan fingerprint density at radius 3 is 2.64 bits per heavy atom. The summed E-state index contributed by atoms with van der Waals surface area (Å²) < 4.78 is 4.67. The molecule has 5 nitrogen and oxygen atoms in total. The molecule has 0 radical (unpaired) electrons. The second-order valence-corrected chi connectivity index (χ2v) is 6.69. The van der Waals surface area contributed by atoms with E-state index < -0.39 is 11.9 Å². The van der Waals surface area contributed by atoms with E-state index in [2.05, 4.69) is 10.1 Å². The van der Waals surface area contributed by atoms with Gasteiger partial charge in [-0.2, -0.15) is 5.26 Å². The number of nitrogens with one attached hydrogen (secondary N) is 1. The Hall–Kier alpha value is -2.33. The second kappa shape index (κ2) is 8.17. The maximum Gasteiger partial charge on any atom is 0.348 e. The molecule has 0 bridgehead atoms. The summed E-state index contributed by atoms with van der Waals surface area (Å²) in [5.41, 5.74) is 1.41. The molecule has 0 aliphatic rings. The molecule has 128 valence electrons. The fourth-order valence-electron chi connectivity index (χ4n) is 1.97. The Kier molecular flexibility index (Phi) is 6.21. The number of rotatable bonds is 4. The van der Waals surface area contributed by atoms with E-state index in [0.717, 1.165) is 11.3 Å². The van der Waals surface area contributed by atoms with Gasteiger partial charge in [0.2, 0.25) is 5.91 Å². The van der Waals surface area contributed by atoms with Crippen molar-refractivity contribution in [3.8, 4) is 6.07 Å². The van der Waals surface area contributed by atoms with Crippen molar-refractivity contribution in [2.45, 2.75) is 6.92 Å². The maximum absolute atomic E-state index is 12.1. The van der Waals surface area contributed by atoms with Crippen molar-refractivity contribution < 1.29 is 14.3 Å². The summed E-state index contributed by atoms with van der Waals surface area (Å²) in [6.07, 6.45) is 2.86. The number of carbonyl (C=O) groups excluding carboxylic acids is 2. The normalized spacial score (nSPS) is 10.5. The zero-order chi connectivity index (χ0) is 18.6. The Morgan fingerprint density at radius 2 is 2.04 bits per heavy atom. The lowest BCUT2D eigenvalue weighted by molar-refractivity contribution is -0.111. The van der Waals surface area contributed by atoms with Crippen LogP contribution in [0.3, 0.4) is 0 Å². The van der Waals surface area contributed by atoms with Gasteiger partial charge in [0.1, 0.15) is 15.9 Å². The summed E-state index contributed by atoms with van der Waals surface area (Å²) in [6, 6.07) is 6.95. The van der Waals surface area contributed by atoms with Crippen LogP contribution < -0.4 is 5.32 Å². The Balaban J connectivity index is 2.20. The summed E-state index contributed by atoms with van der Waals surface area (Å²) in [7, 11) is 1.26. The van der Waals surface area contributed by atoms with Crippen LogP contribution in [0, 0.1) is 18.3 Å². The van der Waals surface area contributed by atoms with Crippen LogP contribution in [0.2, 0.25) is 10.0 Å². The lowest BCUT2D eigenvalue weighted by atomic mass is 10.1. The average molecular weight is 395 g/mol. The van der Waals surface area contributed by atoms with Crippen molar-refractivity contribution in [2.75, 3.05) is 12.4 Å². The van der Waals surface area contributed by atoms with E-state index in [9.17, 15) is 14.9 Å². The monoisotopic (exact) mass is 394 g/mol. The largest absolute Gasteiger partial charge is 0.465 e. The van der Waals surface area contributed by atoms with E-state index >= 15 is 0 Å². The number of anilines is 1. The van der Waals surface area contributed by atoms with Crippen molar-refractivity contribution in [1.82, 2.24) is 0 Å². The molecule has 0 saturated carbocycles. The minimum Gasteiger partial charge on any atom is -0.465 e. The van der Waals surface area contributed by atoms with Crippen LogP contribution in [0.4, 0.5) is 5.00 Å². The first kappa shape index (κ1) is 19.0. The summed E-state index contributed by atoms with van der Waals surface area (Å²) >= 11 is 12.8. The quantitative estimate of drug-likeness (QED) is 0.603. The molecule has 0 saturated heterocycles. The van der Waals surface area contributed by atoms with Gasteiger partial charge in [-0.25, -0.2) is 4.79 Å². The smallest absolute Gasteiger partial charge is 0.348 e. The molecule has 0 atom stereocenters. The van der Waals surface area contributed by atoms with E-state index in [1.54, 1.807) is 31.2 Å². The van der Waals surface area contributed by atoms with Gasteiger partial charge < -0.3 is 10.1 Å². The summed E-state index contributed by atoms with van der Waals surface area (Å²) in [5.74, 6) is -0.994. The summed E-state index contributed by atoms with van der Waals surface area (Å²) in [6.45, 7) is 1.63. The zero-order valence-electron chi connectivity index (χ0n) is 13.2. The average Bonchev–Trinajstić information content (AvgIpc) is 2.90. The van der Waals surface area contributed by atoms with Gasteiger partial charge in [-0.1, -0.05) is 29.3 Å². The van der Waals surface area contributed by atoms with Crippen LogP contribution in [0.5, 0.6) is 0 Å². The van der Waals surface area contributed by atoms with Gasteiger partial charge in [0.25, 0.3) is 0 Å². The molecule has 0 unspecified atom stereocenters. The molecule has 0 aliphatic carbocycles. The van der Waals surface area contributed by atoms with E-state index in [0.29, 0.717) is 26.2 Å². The molecular formula is C17H12Cl2N2O3S. The number of carbonyl (C=O) groups is 2. The van der Waals surface area contributed by atoms with E-state index in [-0.39, 0.29) is 10.4 Å². The lowest BCUT2D eigenvalue weighted by Crippen LogP contribution is -2.07.